The Bertz CT molecular complexity index is 529. The van der Waals surface area contributed by atoms with Crippen LogP contribution < -0.4 is 5.73 Å². The first-order valence-electron chi connectivity index (χ1n) is 6.21. The van der Waals surface area contributed by atoms with Gasteiger partial charge in [0.2, 0.25) is 0 Å². The Balaban J connectivity index is 3.16. The summed E-state index contributed by atoms with van der Waals surface area (Å²) in [6.45, 7) is 5.39. The molecule has 6 heteroatoms. The highest BCUT2D eigenvalue weighted by molar-refractivity contribution is 9.10. The largest absolute Gasteiger partial charge is 0.468 e. The number of rotatable bonds is 4. The highest BCUT2D eigenvalue weighted by Crippen LogP contribution is 2.24. The van der Waals surface area contributed by atoms with Crippen molar-refractivity contribution in [2.45, 2.75) is 26.8 Å². The maximum Gasteiger partial charge on any atom is 0.325 e. The minimum Gasteiger partial charge on any atom is -0.468 e. The van der Waals surface area contributed by atoms with Gasteiger partial charge in [-0.2, -0.15) is 0 Å². The lowest BCUT2D eigenvalue weighted by molar-refractivity contribution is -0.141. The lowest BCUT2D eigenvalue weighted by Gasteiger charge is -2.26. The zero-order chi connectivity index (χ0) is 15.4. The number of esters is 1. The number of methoxy groups -OCH3 is 1. The van der Waals surface area contributed by atoms with E-state index < -0.39 is 5.97 Å². The molecule has 1 rings (SSSR count). The fraction of sp³-hybridized carbons (Fsp3) is 0.429. The number of hydrogen-bond donors (Lipinski definition) is 1. The first kappa shape index (κ1) is 16.5. The summed E-state index contributed by atoms with van der Waals surface area (Å²) < 4.78 is 5.36. The summed E-state index contributed by atoms with van der Waals surface area (Å²) in [5.41, 5.74) is 7.59. The molecule has 0 aliphatic rings. The Morgan fingerprint density at radius 1 is 1.40 bits per heavy atom. The monoisotopic (exact) mass is 342 g/mol. The topological polar surface area (TPSA) is 72.6 Å². The third-order valence-corrected chi connectivity index (χ3v) is 3.51. The minimum atomic E-state index is -0.451. The second-order valence-electron chi connectivity index (χ2n) is 4.77. The molecule has 5 nitrogen and oxygen atoms in total. The molecule has 0 aromatic heterocycles. The average Bonchev–Trinajstić information content (AvgIpc) is 2.38. The van der Waals surface area contributed by atoms with Crippen molar-refractivity contribution in [2.75, 3.05) is 19.4 Å². The molecule has 0 atom stereocenters. The SMILES string of the molecule is COC(=O)CN(C(=O)c1cc(Br)cc(N)c1C)C(C)C. The maximum absolute atomic E-state index is 12.6. The van der Waals surface area contributed by atoms with Crippen LogP contribution in [0.2, 0.25) is 0 Å². The summed E-state index contributed by atoms with van der Waals surface area (Å²) in [5, 5.41) is 0. The van der Waals surface area contributed by atoms with Gasteiger partial charge in [-0.1, -0.05) is 15.9 Å². The van der Waals surface area contributed by atoms with E-state index in [0.717, 1.165) is 4.47 Å². The van der Waals surface area contributed by atoms with Gasteiger partial charge in [0, 0.05) is 21.8 Å². The molecule has 0 fully saturated rings. The van der Waals surface area contributed by atoms with Gasteiger partial charge >= 0.3 is 5.97 Å². The van der Waals surface area contributed by atoms with Crippen LogP contribution >= 0.6 is 15.9 Å². The van der Waals surface area contributed by atoms with Crippen molar-refractivity contribution >= 4 is 33.5 Å². The normalized spacial score (nSPS) is 10.5. The Kier molecular flexibility index (Phi) is 5.56. The zero-order valence-corrected chi connectivity index (χ0v) is 13.7. The third kappa shape index (κ3) is 3.72. The highest BCUT2D eigenvalue weighted by Gasteiger charge is 2.24. The number of nitrogens with two attached hydrogens (primary N) is 1. The van der Waals surface area contributed by atoms with Gasteiger partial charge in [-0.15, -0.1) is 0 Å². The summed E-state index contributed by atoms with van der Waals surface area (Å²) in [6, 6.07) is 3.33. The van der Waals surface area contributed by atoms with Gasteiger partial charge in [-0.3, -0.25) is 9.59 Å². The van der Waals surface area contributed by atoms with E-state index in [-0.39, 0.29) is 18.5 Å². The molecule has 0 aliphatic heterocycles. The van der Waals surface area contributed by atoms with Gasteiger partial charge in [0.15, 0.2) is 0 Å². The summed E-state index contributed by atoms with van der Waals surface area (Å²) in [6.07, 6.45) is 0. The van der Waals surface area contributed by atoms with Crippen molar-refractivity contribution in [1.29, 1.82) is 0 Å². The zero-order valence-electron chi connectivity index (χ0n) is 12.1. The molecular weight excluding hydrogens is 324 g/mol. The third-order valence-electron chi connectivity index (χ3n) is 3.05. The van der Waals surface area contributed by atoms with E-state index in [2.05, 4.69) is 20.7 Å². The van der Waals surface area contributed by atoms with Crippen LogP contribution in [0.15, 0.2) is 16.6 Å². The molecule has 0 saturated carbocycles. The molecule has 1 aromatic carbocycles. The first-order valence-corrected chi connectivity index (χ1v) is 7.00. The number of nitrogens with zero attached hydrogens (tertiary/aromatic N) is 1. The fourth-order valence-corrected chi connectivity index (χ4v) is 2.25. The molecule has 0 spiro atoms. The number of carbonyl (C=O) groups is 2. The van der Waals surface area contributed by atoms with Gasteiger partial charge in [0.05, 0.1) is 7.11 Å². The fourth-order valence-electron chi connectivity index (χ4n) is 1.77. The van der Waals surface area contributed by atoms with Crippen LogP contribution in [0, 0.1) is 6.92 Å². The van der Waals surface area contributed by atoms with Crippen LogP contribution in [0.3, 0.4) is 0 Å². The number of benzene rings is 1. The van der Waals surface area contributed by atoms with Crippen LogP contribution in [-0.2, 0) is 9.53 Å². The lowest BCUT2D eigenvalue weighted by Crippen LogP contribution is -2.41. The molecule has 110 valence electrons. The second-order valence-corrected chi connectivity index (χ2v) is 5.69. The van der Waals surface area contributed by atoms with Gasteiger partial charge in [-0.05, 0) is 38.5 Å². The maximum atomic E-state index is 12.6. The predicted molar refractivity (Wildman–Crippen MR) is 81.5 cm³/mol. The number of anilines is 1. The van der Waals surface area contributed by atoms with E-state index in [0.29, 0.717) is 16.8 Å². The lowest BCUT2D eigenvalue weighted by atomic mass is 10.0. The molecule has 2 N–H and O–H groups in total. The van der Waals surface area contributed by atoms with Crippen LogP contribution in [0.4, 0.5) is 5.69 Å². The number of carbonyl (C=O) groups excluding carboxylic acids is 2. The van der Waals surface area contributed by atoms with Crippen molar-refractivity contribution in [2.24, 2.45) is 0 Å². The van der Waals surface area contributed by atoms with Crippen LogP contribution in [0.5, 0.6) is 0 Å². The number of amides is 1. The number of nitrogen functional groups attached to an aromatic ring is 1. The summed E-state index contributed by atoms with van der Waals surface area (Å²) in [4.78, 5) is 25.5. The van der Waals surface area contributed by atoms with Crippen molar-refractivity contribution in [1.82, 2.24) is 4.90 Å². The number of ether oxygens (including phenoxy) is 1. The minimum absolute atomic E-state index is 0.0845. The Morgan fingerprint density at radius 3 is 2.50 bits per heavy atom. The highest BCUT2D eigenvalue weighted by atomic mass is 79.9. The molecular formula is C14H19BrN2O3. The molecule has 0 aliphatic carbocycles. The molecule has 1 amide bonds. The second kappa shape index (κ2) is 6.74. The standard InChI is InChI=1S/C14H19BrN2O3/c1-8(2)17(7-13(18)20-4)14(19)11-5-10(15)6-12(16)9(11)3/h5-6,8H,7,16H2,1-4H3. The molecule has 1 aromatic rings. The van der Waals surface area contributed by atoms with E-state index in [1.165, 1.54) is 12.0 Å². The van der Waals surface area contributed by atoms with E-state index in [1.54, 1.807) is 19.1 Å². The van der Waals surface area contributed by atoms with Gasteiger partial charge in [0.25, 0.3) is 5.91 Å². The summed E-state index contributed by atoms with van der Waals surface area (Å²) in [7, 11) is 1.30. The molecule has 0 heterocycles. The molecule has 0 saturated heterocycles. The Labute approximate surface area is 127 Å². The quantitative estimate of drug-likeness (QED) is 0.673. The number of hydrogen-bond acceptors (Lipinski definition) is 4. The number of halogens is 1. The van der Waals surface area contributed by atoms with Crippen LogP contribution in [0.1, 0.15) is 29.8 Å². The van der Waals surface area contributed by atoms with Crippen LogP contribution in [0.25, 0.3) is 0 Å². The van der Waals surface area contributed by atoms with Gasteiger partial charge in [-0.25, -0.2) is 0 Å². The van der Waals surface area contributed by atoms with Crippen molar-refractivity contribution in [3.05, 3.63) is 27.7 Å². The Hall–Kier alpha value is -1.56. The van der Waals surface area contributed by atoms with E-state index >= 15 is 0 Å². The van der Waals surface area contributed by atoms with Crippen LogP contribution in [-0.4, -0.2) is 36.5 Å². The summed E-state index contributed by atoms with van der Waals surface area (Å²) in [5.74, 6) is -0.691. The van der Waals surface area contributed by atoms with E-state index in [1.807, 2.05) is 13.8 Å². The average molecular weight is 343 g/mol. The van der Waals surface area contributed by atoms with E-state index in [9.17, 15) is 9.59 Å². The molecule has 20 heavy (non-hydrogen) atoms. The van der Waals surface area contributed by atoms with Gasteiger partial charge < -0.3 is 15.4 Å². The Morgan fingerprint density at radius 2 is 2.00 bits per heavy atom. The molecule has 0 unspecified atom stereocenters. The van der Waals surface area contributed by atoms with Gasteiger partial charge in [0.1, 0.15) is 6.54 Å². The van der Waals surface area contributed by atoms with E-state index in [4.69, 9.17) is 5.73 Å². The molecule has 0 bridgehead atoms. The van der Waals surface area contributed by atoms with Crippen molar-refractivity contribution < 1.29 is 14.3 Å². The summed E-state index contributed by atoms with van der Waals surface area (Å²) >= 11 is 3.32. The smallest absolute Gasteiger partial charge is 0.325 e. The molecule has 0 radical (unpaired) electrons. The first-order chi connectivity index (χ1) is 9.27. The predicted octanol–water partition coefficient (Wildman–Crippen LogP) is 2.36. The van der Waals surface area contributed by atoms with Crippen molar-refractivity contribution in [3.63, 3.8) is 0 Å². The van der Waals surface area contributed by atoms with Crippen molar-refractivity contribution in [3.8, 4) is 0 Å².